The summed E-state index contributed by atoms with van der Waals surface area (Å²) in [6, 6.07) is 6.78. The van der Waals surface area contributed by atoms with Gasteiger partial charge in [-0.25, -0.2) is 4.98 Å². The SMILES string of the molecule is CCC1CCCCN1CC(O)c1ccc2c(c1)nc(C)n2C. The van der Waals surface area contributed by atoms with Crippen LogP contribution in [0.15, 0.2) is 18.2 Å². The molecule has 22 heavy (non-hydrogen) atoms. The van der Waals surface area contributed by atoms with Crippen LogP contribution >= 0.6 is 0 Å². The molecule has 1 N–H and O–H groups in total. The Hall–Kier alpha value is -1.39. The lowest BCUT2D eigenvalue weighted by Gasteiger charge is -2.36. The van der Waals surface area contributed by atoms with Gasteiger partial charge in [0, 0.05) is 19.6 Å². The predicted octanol–water partition coefficient (Wildman–Crippen LogP) is 3.18. The number of hydrogen-bond donors (Lipinski definition) is 1. The van der Waals surface area contributed by atoms with Crippen molar-refractivity contribution in [1.82, 2.24) is 14.5 Å². The minimum atomic E-state index is -0.432. The van der Waals surface area contributed by atoms with E-state index in [9.17, 15) is 5.11 Å². The van der Waals surface area contributed by atoms with E-state index in [1.165, 1.54) is 25.7 Å². The summed E-state index contributed by atoms with van der Waals surface area (Å²) in [6.07, 6.45) is 4.58. The van der Waals surface area contributed by atoms with Crippen LogP contribution in [0.5, 0.6) is 0 Å². The molecule has 1 fully saturated rings. The normalized spacial score (nSPS) is 21.4. The second-order valence-electron chi connectivity index (χ2n) is 6.53. The summed E-state index contributed by atoms with van der Waals surface area (Å²) in [6.45, 7) is 6.10. The number of aromatic nitrogens is 2. The number of hydrogen-bond acceptors (Lipinski definition) is 3. The van der Waals surface area contributed by atoms with Crippen molar-refractivity contribution in [3.63, 3.8) is 0 Å². The van der Waals surface area contributed by atoms with E-state index in [4.69, 9.17) is 0 Å². The largest absolute Gasteiger partial charge is 0.387 e. The van der Waals surface area contributed by atoms with E-state index in [-0.39, 0.29) is 0 Å². The summed E-state index contributed by atoms with van der Waals surface area (Å²) in [5, 5.41) is 10.6. The summed E-state index contributed by atoms with van der Waals surface area (Å²) in [4.78, 5) is 7.03. The molecule has 2 aromatic rings. The van der Waals surface area contributed by atoms with Gasteiger partial charge in [-0.05, 0) is 50.4 Å². The first-order valence-corrected chi connectivity index (χ1v) is 8.45. The second kappa shape index (κ2) is 6.39. The minimum Gasteiger partial charge on any atom is -0.387 e. The Labute approximate surface area is 132 Å². The fourth-order valence-electron chi connectivity index (χ4n) is 3.63. The third kappa shape index (κ3) is 2.90. The lowest BCUT2D eigenvalue weighted by molar-refractivity contribution is 0.0657. The first kappa shape index (κ1) is 15.5. The molecule has 4 nitrogen and oxygen atoms in total. The third-order valence-electron chi connectivity index (χ3n) is 5.14. The van der Waals surface area contributed by atoms with Crippen LogP contribution < -0.4 is 0 Å². The molecule has 1 aliphatic heterocycles. The standard InChI is InChI=1S/C18H27N3O/c1-4-15-7-5-6-10-21(15)12-18(22)14-8-9-17-16(11-14)19-13(2)20(17)3/h8-9,11,15,18,22H,4-7,10,12H2,1-3H3. The number of piperidine rings is 1. The summed E-state index contributed by atoms with van der Waals surface area (Å²) >= 11 is 0. The van der Waals surface area contributed by atoms with E-state index in [0.29, 0.717) is 6.04 Å². The molecule has 0 amide bonds. The number of aliphatic hydroxyl groups excluding tert-OH is 1. The van der Waals surface area contributed by atoms with Gasteiger partial charge in [0.2, 0.25) is 0 Å². The fraction of sp³-hybridized carbons (Fsp3) is 0.611. The van der Waals surface area contributed by atoms with Crippen LogP contribution in [0, 0.1) is 6.92 Å². The minimum absolute atomic E-state index is 0.432. The quantitative estimate of drug-likeness (QED) is 0.943. The van der Waals surface area contributed by atoms with E-state index in [0.717, 1.165) is 35.5 Å². The van der Waals surface area contributed by atoms with Gasteiger partial charge in [0.05, 0.1) is 17.1 Å². The monoisotopic (exact) mass is 301 g/mol. The van der Waals surface area contributed by atoms with Crippen LogP contribution in [0.2, 0.25) is 0 Å². The van der Waals surface area contributed by atoms with Gasteiger partial charge in [0.1, 0.15) is 5.82 Å². The summed E-state index contributed by atoms with van der Waals surface area (Å²) < 4.78 is 2.09. The molecule has 1 aromatic heterocycles. The fourth-order valence-corrected chi connectivity index (χ4v) is 3.63. The van der Waals surface area contributed by atoms with Crippen LogP contribution in [-0.2, 0) is 7.05 Å². The molecule has 0 spiro atoms. The van der Waals surface area contributed by atoms with Crippen molar-refractivity contribution in [1.29, 1.82) is 0 Å². The van der Waals surface area contributed by atoms with Crippen LogP contribution in [0.3, 0.4) is 0 Å². The third-order valence-corrected chi connectivity index (χ3v) is 5.14. The average Bonchev–Trinajstić information content (AvgIpc) is 2.82. The highest BCUT2D eigenvalue weighted by atomic mass is 16.3. The molecule has 4 heteroatoms. The zero-order valence-electron chi connectivity index (χ0n) is 13.9. The van der Waals surface area contributed by atoms with Crippen molar-refractivity contribution < 1.29 is 5.11 Å². The molecule has 2 unspecified atom stereocenters. The van der Waals surface area contributed by atoms with Crippen LogP contribution in [0.25, 0.3) is 11.0 Å². The van der Waals surface area contributed by atoms with Gasteiger partial charge in [0.25, 0.3) is 0 Å². The van der Waals surface area contributed by atoms with Crippen molar-refractivity contribution in [3.8, 4) is 0 Å². The number of β-amino-alcohol motifs (C(OH)–C–C–N with tert-alkyl or cyclic N) is 1. The Morgan fingerprint density at radius 2 is 2.18 bits per heavy atom. The Kier molecular flexibility index (Phi) is 4.50. The number of aliphatic hydroxyl groups is 1. The molecule has 0 bridgehead atoms. The number of rotatable bonds is 4. The molecule has 0 saturated carbocycles. The van der Waals surface area contributed by atoms with Gasteiger partial charge in [-0.3, -0.25) is 4.90 Å². The number of nitrogens with zero attached hydrogens (tertiary/aromatic N) is 3. The zero-order valence-corrected chi connectivity index (χ0v) is 13.9. The van der Waals surface area contributed by atoms with Gasteiger partial charge in [-0.15, -0.1) is 0 Å². The van der Waals surface area contributed by atoms with Crippen LogP contribution in [0.1, 0.15) is 50.1 Å². The highest BCUT2D eigenvalue weighted by Crippen LogP contribution is 2.25. The predicted molar refractivity (Wildman–Crippen MR) is 89.9 cm³/mol. The van der Waals surface area contributed by atoms with E-state index < -0.39 is 6.10 Å². The number of imidazole rings is 1. The first-order valence-electron chi connectivity index (χ1n) is 8.45. The Morgan fingerprint density at radius 3 is 2.95 bits per heavy atom. The van der Waals surface area contributed by atoms with E-state index >= 15 is 0 Å². The Morgan fingerprint density at radius 1 is 1.36 bits per heavy atom. The number of likely N-dealkylation sites (tertiary alicyclic amines) is 1. The lowest BCUT2D eigenvalue weighted by atomic mass is 9.98. The lowest BCUT2D eigenvalue weighted by Crippen LogP contribution is -2.41. The highest BCUT2D eigenvalue weighted by molar-refractivity contribution is 5.76. The molecule has 1 saturated heterocycles. The molecular weight excluding hydrogens is 274 g/mol. The number of aryl methyl sites for hydroxylation is 2. The molecule has 0 radical (unpaired) electrons. The Balaban J connectivity index is 1.78. The van der Waals surface area contributed by atoms with Crippen molar-refractivity contribution in [2.24, 2.45) is 7.05 Å². The molecule has 2 heterocycles. The van der Waals surface area contributed by atoms with E-state index in [1.807, 2.05) is 26.1 Å². The van der Waals surface area contributed by atoms with Crippen molar-refractivity contribution in [2.75, 3.05) is 13.1 Å². The number of fused-ring (bicyclic) bond motifs is 1. The zero-order chi connectivity index (χ0) is 15.7. The van der Waals surface area contributed by atoms with Crippen molar-refractivity contribution in [3.05, 3.63) is 29.6 Å². The van der Waals surface area contributed by atoms with Crippen molar-refractivity contribution >= 4 is 11.0 Å². The number of benzene rings is 1. The van der Waals surface area contributed by atoms with Gasteiger partial charge in [0.15, 0.2) is 0 Å². The molecular formula is C18H27N3O. The molecule has 0 aliphatic carbocycles. The topological polar surface area (TPSA) is 41.3 Å². The van der Waals surface area contributed by atoms with Crippen molar-refractivity contribution in [2.45, 2.75) is 51.7 Å². The molecule has 1 aliphatic rings. The smallest absolute Gasteiger partial charge is 0.106 e. The summed E-state index contributed by atoms with van der Waals surface area (Å²) in [7, 11) is 2.03. The van der Waals surface area contributed by atoms with E-state index in [2.05, 4.69) is 27.4 Å². The van der Waals surface area contributed by atoms with Gasteiger partial charge in [-0.2, -0.15) is 0 Å². The van der Waals surface area contributed by atoms with Gasteiger partial charge in [-0.1, -0.05) is 19.4 Å². The molecule has 2 atom stereocenters. The molecule has 120 valence electrons. The molecule has 3 rings (SSSR count). The van der Waals surface area contributed by atoms with E-state index in [1.54, 1.807) is 0 Å². The highest BCUT2D eigenvalue weighted by Gasteiger charge is 2.23. The van der Waals surface area contributed by atoms with Crippen LogP contribution in [0.4, 0.5) is 0 Å². The maximum absolute atomic E-state index is 10.6. The molecule has 1 aromatic carbocycles. The second-order valence-corrected chi connectivity index (χ2v) is 6.53. The summed E-state index contributed by atoms with van der Waals surface area (Å²) in [5.74, 6) is 1.00. The average molecular weight is 301 g/mol. The maximum Gasteiger partial charge on any atom is 0.106 e. The Bertz CT molecular complexity index is 649. The van der Waals surface area contributed by atoms with Crippen LogP contribution in [-0.4, -0.2) is 38.7 Å². The van der Waals surface area contributed by atoms with Gasteiger partial charge < -0.3 is 9.67 Å². The maximum atomic E-state index is 10.6. The first-order chi connectivity index (χ1) is 10.6. The van der Waals surface area contributed by atoms with Gasteiger partial charge >= 0.3 is 0 Å². The summed E-state index contributed by atoms with van der Waals surface area (Å²) in [5.41, 5.74) is 3.08.